The van der Waals surface area contributed by atoms with Gasteiger partial charge < -0.3 is 14.4 Å². The molecule has 0 saturated carbocycles. The standard InChI is InChI=1S/C21H20FN3O3/c1-16(26)25(15-17-5-2-3-7-20(17)27-14-10-22)19-6-4-11-24-21(19)28-18-8-12-23-13-9-18/h2-9,11-13H,10,14-15H2,1H3/i22-1. The number of carbonyl (C=O) groups excluding carboxylic acids is 1. The van der Waals surface area contributed by atoms with Crippen molar-refractivity contribution in [2.24, 2.45) is 0 Å². The van der Waals surface area contributed by atoms with E-state index in [4.69, 9.17) is 9.47 Å². The number of alkyl halides is 1. The molecule has 0 aliphatic carbocycles. The van der Waals surface area contributed by atoms with Crippen LogP contribution in [0.4, 0.5) is 10.1 Å². The monoisotopic (exact) mass is 380 g/mol. The molecule has 1 amide bonds. The van der Waals surface area contributed by atoms with Crippen LogP contribution in [0.15, 0.2) is 67.1 Å². The smallest absolute Gasteiger partial charge is 0.243 e. The van der Waals surface area contributed by atoms with Gasteiger partial charge in [-0.25, -0.2) is 9.37 Å². The lowest BCUT2D eigenvalue weighted by molar-refractivity contribution is -0.116. The van der Waals surface area contributed by atoms with Crippen LogP contribution >= 0.6 is 0 Å². The van der Waals surface area contributed by atoms with Crippen LogP contribution in [0.3, 0.4) is 0 Å². The summed E-state index contributed by atoms with van der Waals surface area (Å²) < 4.78 is 23.8. The van der Waals surface area contributed by atoms with Gasteiger partial charge in [-0.05, 0) is 30.3 Å². The maximum atomic E-state index is 12.5. The van der Waals surface area contributed by atoms with E-state index < -0.39 is 6.67 Å². The van der Waals surface area contributed by atoms with Crippen LogP contribution < -0.4 is 14.4 Å². The Morgan fingerprint density at radius 3 is 2.61 bits per heavy atom. The second-order valence-electron chi connectivity index (χ2n) is 5.86. The summed E-state index contributed by atoms with van der Waals surface area (Å²) >= 11 is 0. The Morgan fingerprint density at radius 1 is 1.07 bits per heavy atom. The minimum absolute atomic E-state index is 0.0413. The van der Waals surface area contributed by atoms with Crippen molar-refractivity contribution in [1.29, 1.82) is 0 Å². The number of aromatic nitrogens is 2. The second-order valence-corrected chi connectivity index (χ2v) is 5.86. The SMILES string of the molecule is CC(=O)N(Cc1ccccc1OCC[18F])c1cccnc1Oc1ccncc1. The molecule has 28 heavy (non-hydrogen) atoms. The topological polar surface area (TPSA) is 64.6 Å². The number of amides is 1. The van der Waals surface area contributed by atoms with E-state index in [-0.39, 0.29) is 19.1 Å². The average Bonchev–Trinajstić information content (AvgIpc) is 2.72. The number of para-hydroxylation sites is 1. The lowest BCUT2D eigenvalue weighted by atomic mass is 10.1. The average molecular weight is 380 g/mol. The predicted octanol–water partition coefficient (Wildman–Crippen LogP) is 4.17. The Balaban J connectivity index is 1.91. The Kier molecular flexibility index (Phi) is 6.51. The maximum Gasteiger partial charge on any atom is 0.243 e. The van der Waals surface area contributed by atoms with Crippen LogP contribution in [0.25, 0.3) is 0 Å². The van der Waals surface area contributed by atoms with Crippen molar-refractivity contribution >= 4 is 11.6 Å². The first-order valence-electron chi connectivity index (χ1n) is 8.76. The van der Waals surface area contributed by atoms with Crippen molar-refractivity contribution in [3.8, 4) is 17.4 Å². The summed E-state index contributed by atoms with van der Waals surface area (Å²) in [7, 11) is 0. The van der Waals surface area contributed by atoms with Crippen LogP contribution in [0.1, 0.15) is 12.5 Å². The van der Waals surface area contributed by atoms with E-state index in [1.54, 1.807) is 59.9 Å². The fraction of sp³-hybridized carbons (Fsp3) is 0.190. The predicted molar refractivity (Wildman–Crippen MR) is 103 cm³/mol. The number of hydrogen-bond donors (Lipinski definition) is 0. The van der Waals surface area contributed by atoms with Crippen molar-refractivity contribution in [3.05, 3.63) is 72.7 Å². The number of nitrogens with zero attached hydrogens (tertiary/aromatic N) is 3. The molecule has 0 atom stereocenters. The van der Waals surface area contributed by atoms with E-state index in [1.807, 2.05) is 12.1 Å². The summed E-state index contributed by atoms with van der Waals surface area (Å²) in [6.07, 6.45) is 4.81. The molecule has 144 valence electrons. The van der Waals surface area contributed by atoms with Gasteiger partial charge in [0.15, 0.2) is 0 Å². The van der Waals surface area contributed by atoms with E-state index in [0.717, 1.165) is 5.56 Å². The molecule has 0 radical (unpaired) electrons. The number of pyridine rings is 2. The molecule has 0 bridgehead atoms. The molecule has 2 aromatic heterocycles. The van der Waals surface area contributed by atoms with Crippen LogP contribution in [0, 0.1) is 0 Å². The highest BCUT2D eigenvalue weighted by Crippen LogP contribution is 2.32. The number of benzene rings is 1. The van der Waals surface area contributed by atoms with Gasteiger partial charge in [0.25, 0.3) is 0 Å². The van der Waals surface area contributed by atoms with Gasteiger partial charge in [-0.1, -0.05) is 18.2 Å². The molecule has 0 unspecified atom stereocenters. The largest absolute Gasteiger partial charge is 0.491 e. The zero-order valence-corrected chi connectivity index (χ0v) is 15.4. The number of halogens is 1. The normalized spacial score (nSPS) is 10.4. The van der Waals surface area contributed by atoms with Gasteiger partial charge in [-0.15, -0.1) is 0 Å². The molecule has 3 rings (SSSR count). The molecule has 0 fully saturated rings. The minimum atomic E-state index is -0.586. The van der Waals surface area contributed by atoms with Crippen molar-refractivity contribution in [2.45, 2.75) is 13.5 Å². The van der Waals surface area contributed by atoms with Gasteiger partial charge in [0.05, 0.1) is 6.54 Å². The number of ether oxygens (including phenoxy) is 2. The van der Waals surface area contributed by atoms with Crippen LogP contribution in [0.2, 0.25) is 0 Å². The highest BCUT2D eigenvalue weighted by Gasteiger charge is 2.20. The fourth-order valence-corrected chi connectivity index (χ4v) is 2.64. The van der Waals surface area contributed by atoms with E-state index in [2.05, 4.69) is 9.97 Å². The molecule has 0 aliphatic rings. The Hall–Kier alpha value is -3.48. The minimum Gasteiger partial charge on any atom is -0.491 e. The van der Waals surface area contributed by atoms with E-state index in [0.29, 0.717) is 23.1 Å². The van der Waals surface area contributed by atoms with Gasteiger partial charge in [-0.2, -0.15) is 0 Å². The highest BCUT2D eigenvalue weighted by atomic mass is 18.2. The maximum absolute atomic E-state index is 12.5. The third kappa shape index (κ3) is 4.82. The summed E-state index contributed by atoms with van der Waals surface area (Å²) in [5, 5.41) is 0. The Bertz CT molecular complexity index is 922. The summed E-state index contributed by atoms with van der Waals surface area (Å²) in [6, 6.07) is 14.1. The number of anilines is 1. The summed E-state index contributed by atoms with van der Waals surface area (Å²) in [6.45, 7) is 1.07. The number of hydrogen-bond acceptors (Lipinski definition) is 5. The van der Waals surface area contributed by atoms with Crippen molar-refractivity contribution in [1.82, 2.24) is 9.97 Å². The first-order valence-corrected chi connectivity index (χ1v) is 8.76. The highest BCUT2D eigenvalue weighted by molar-refractivity contribution is 5.92. The molecule has 0 spiro atoms. The van der Waals surface area contributed by atoms with Crippen LogP contribution in [-0.2, 0) is 11.3 Å². The van der Waals surface area contributed by atoms with E-state index >= 15 is 0 Å². The Labute approximate surface area is 162 Å². The first kappa shape index (κ1) is 19.3. The molecule has 3 aromatic rings. The van der Waals surface area contributed by atoms with Gasteiger partial charge in [0, 0.05) is 31.1 Å². The third-order valence-electron chi connectivity index (χ3n) is 3.92. The number of rotatable bonds is 8. The summed E-state index contributed by atoms with van der Waals surface area (Å²) in [5.74, 6) is 1.20. The second kappa shape index (κ2) is 9.45. The number of carbonyl (C=O) groups is 1. The third-order valence-corrected chi connectivity index (χ3v) is 3.92. The molecule has 2 heterocycles. The zero-order chi connectivity index (χ0) is 19.8. The first-order chi connectivity index (χ1) is 13.7. The molecule has 6 nitrogen and oxygen atoms in total. The van der Waals surface area contributed by atoms with Gasteiger partial charge in [0.2, 0.25) is 11.8 Å². The van der Waals surface area contributed by atoms with Crippen LogP contribution in [0.5, 0.6) is 17.4 Å². The van der Waals surface area contributed by atoms with Crippen molar-refractivity contribution in [2.75, 3.05) is 18.2 Å². The van der Waals surface area contributed by atoms with E-state index in [1.165, 1.54) is 6.92 Å². The zero-order valence-electron chi connectivity index (χ0n) is 15.4. The molecular weight excluding hydrogens is 360 g/mol. The van der Waals surface area contributed by atoms with Gasteiger partial charge >= 0.3 is 0 Å². The van der Waals surface area contributed by atoms with Crippen LogP contribution in [-0.4, -0.2) is 29.2 Å². The molecule has 0 saturated heterocycles. The fourth-order valence-electron chi connectivity index (χ4n) is 2.64. The molecule has 1 aromatic carbocycles. The molecule has 0 N–H and O–H groups in total. The van der Waals surface area contributed by atoms with Crippen molar-refractivity contribution < 1.29 is 18.7 Å². The quantitative estimate of drug-likeness (QED) is 0.587. The summed E-state index contributed by atoms with van der Waals surface area (Å²) in [4.78, 5) is 22.2. The van der Waals surface area contributed by atoms with Gasteiger partial charge in [-0.3, -0.25) is 9.78 Å². The molecule has 0 aliphatic heterocycles. The summed E-state index contributed by atoms with van der Waals surface area (Å²) in [5.41, 5.74) is 1.27. The molecular formula is C21H20FN3O3. The molecule has 7 heteroatoms. The van der Waals surface area contributed by atoms with E-state index in [9.17, 15) is 9.18 Å². The van der Waals surface area contributed by atoms with Crippen molar-refractivity contribution in [3.63, 3.8) is 0 Å². The lowest BCUT2D eigenvalue weighted by Gasteiger charge is -2.24. The lowest BCUT2D eigenvalue weighted by Crippen LogP contribution is -2.28. The Morgan fingerprint density at radius 2 is 1.86 bits per heavy atom. The van der Waals surface area contributed by atoms with Gasteiger partial charge in [0.1, 0.15) is 30.5 Å².